The maximum atomic E-state index is 11.9. The number of ketones is 1. The van der Waals surface area contributed by atoms with E-state index in [9.17, 15) is 4.79 Å². The van der Waals surface area contributed by atoms with Gasteiger partial charge in [-0.25, -0.2) is 0 Å². The molecule has 1 rings (SSSR count). The Balaban J connectivity index is 3.02. The predicted octanol–water partition coefficient (Wildman–Crippen LogP) is 2.15. The van der Waals surface area contributed by atoms with Crippen LogP contribution in [0.3, 0.4) is 0 Å². The number of nitrogens with zero attached hydrogens (tertiary/aromatic N) is 2. The monoisotopic (exact) mass is 214 g/mol. The predicted molar refractivity (Wildman–Crippen MR) is 62.9 cm³/mol. The summed E-state index contributed by atoms with van der Waals surface area (Å²) in [4.78, 5) is 13.6. The van der Waals surface area contributed by atoms with Crippen molar-refractivity contribution in [2.24, 2.45) is 0 Å². The van der Waals surface area contributed by atoms with Gasteiger partial charge in [-0.1, -0.05) is 29.8 Å². The van der Waals surface area contributed by atoms with E-state index in [0.29, 0.717) is 5.56 Å². The molecule has 0 spiro atoms. The molecule has 1 aromatic carbocycles. The number of benzene rings is 1. The van der Waals surface area contributed by atoms with Crippen LogP contribution in [0.2, 0.25) is 0 Å². The molecule has 0 heterocycles. The van der Waals surface area contributed by atoms with E-state index in [-0.39, 0.29) is 11.4 Å². The summed E-state index contributed by atoms with van der Waals surface area (Å²) < 4.78 is 0. The number of carbonyl (C=O) groups is 1. The van der Waals surface area contributed by atoms with Crippen molar-refractivity contribution in [2.45, 2.75) is 6.92 Å². The zero-order chi connectivity index (χ0) is 12.1. The van der Waals surface area contributed by atoms with E-state index < -0.39 is 0 Å². The summed E-state index contributed by atoms with van der Waals surface area (Å²) in [5.41, 5.74) is 1.78. The van der Waals surface area contributed by atoms with Crippen LogP contribution in [0, 0.1) is 18.3 Å². The summed E-state index contributed by atoms with van der Waals surface area (Å²) >= 11 is 0. The zero-order valence-electron chi connectivity index (χ0n) is 9.69. The number of nitriles is 1. The molecule has 16 heavy (non-hydrogen) atoms. The third-order valence-electron chi connectivity index (χ3n) is 2.07. The number of aryl methyl sites for hydroxylation is 1. The standard InChI is InChI=1S/C13H14N2O/c1-10-4-6-11(7-5-10)13(16)12(8-14)9-15(2)3/h4-7,9H,1-3H3/b12-9+. The Kier molecular flexibility index (Phi) is 3.84. The molecule has 0 fully saturated rings. The summed E-state index contributed by atoms with van der Waals surface area (Å²) in [6.45, 7) is 1.95. The summed E-state index contributed by atoms with van der Waals surface area (Å²) in [5, 5.41) is 8.90. The SMILES string of the molecule is Cc1ccc(C(=O)/C(C#N)=C/N(C)C)cc1. The van der Waals surface area contributed by atoms with Crippen LogP contribution in [0.1, 0.15) is 15.9 Å². The molecule has 0 saturated heterocycles. The van der Waals surface area contributed by atoms with Gasteiger partial charge in [0.2, 0.25) is 5.78 Å². The number of carbonyl (C=O) groups excluding carboxylic acids is 1. The van der Waals surface area contributed by atoms with Crippen molar-refractivity contribution in [3.63, 3.8) is 0 Å². The second kappa shape index (κ2) is 5.13. The second-order valence-electron chi connectivity index (χ2n) is 3.81. The van der Waals surface area contributed by atoms with Gasteiger partial charge in [-0.3, -0.25) is 4.79 Å². The third-order valence-corrected chi connectivity index (χ3v) is 2.07. The Labute approximate surface area is 95.6 Å². The van der Waals surface area contributed by atoms with Crippen LogP contribution < -0.4 is 0 Å². The Morgan fingerprint density at radius 2 is 1.88 bits per heavy atom. The van der Waals surface area contributed by atoms with Crippen molar-refractivity contribution in [1.29, 1.82) is 5.26 Å². The smallest absolute Gasteiger partial charge is 0.205 e. The molecule has 0 unspecified atom stereocenters. The first-order valence-corrected chi connectivity index (χ1v) is 4.94. The highest BCUT2D eigenvalue weighted by atomic mass is 16.1. The molecule has 0 saturated carbocycles. The van der Waals surface area contributed by atoms with Crippen LogP contribution in [0.5, 0.6) is 0 Å². The number of allylic oxidation sites excluding steroid dienone is 1. The van der Waals surface area contributed by atoms with E-state index in [1.54, 1.807) is 31.1 Å². The van der Waals surface area contributed by atoms with Crippen LogP contribution >= 0.6 is 0 Å². The van der Waals surface area contributed by atoms with Gasteiger partial charge in [-0.2, -0.15) is 5.26 Å². The molecule has 0 aliphatic heterocycles. The second-order valence-corrected chi connectivity index (χ2v) is 3.81. The van der Waals surface area contributed by atoms with Gasteiger partial charge in [-0.15, -0.1) is 0 Å². The average molecular weight is 214 g/mol. The van der Waals surface area contributed by atoms with Crippen LogP contribution in [-0.2, 0) is 0 Å². The van der Waals surface area contributed by atoms with Gasteiger partial charge in [0.25, 0.3) is 0 Å². The number of hydrogen-bond acceptors (Lipinski definition) is 3. The molecule has 3 nitrogen and oxygen atoms in total. The van der Waals surface area contributed by atoms with E-state index in [1.807, 2.05) is 25.1 Å². The molecule has 82 valence electrons. The normalized spacial score (nSPS) is 10.8. The highest BCUT2D eigenvalue weighted by molar-refractivity contribution is 6.11. The molecule has 0 N–H and O–H groups in total. The zero-order valence-corrected chi connectivity index (χ0v) is 9.69. The largest absolute Gasteiger partial charge is 0.382 e. The van der Waals surface area contributed by atoms with Crippen molar-refractivity contribution >= 4 is 5.78 Å². The van der Waals surface area contributed by atoms with Crippen molar-refractivity contribution in [2.75, 3.05) is 14.1 Å². The Morgan fingerprint density at radius 3 is 2.31 bits per heavy atom. The van der Waals surface area contributed by atoms with Gasteiger partial charge < -0.3 is 4.90 Å². The minimum absolute atomic E-state index is 0.147. The molecule has 0 aliphatic carbocycles. The molecule has 1 aromatic rings. The molecule has 0 aromatic heterocycles. The quantitative estimate of drug-likeness (QED) is 0.440. The van der Waals surface area contributed by atoms with E-state index >= 15 is 0 Å². The van der Waals surface area contributed by atoms with E-state index in [0.717, 1.165) is 5.56 Å². The first kappa shape index (κ1) is 12.0. The number of rotatable bonds is 3. The van der Waals surface area contributed by atoms with Crippen LogP contribution in [-0.4, -0.2) is 24.8 Å². The van der Waals surface area contributed by atoms with E-state index in [1.165, 1.54) is 6.20 Å². The summed E-state index contributed by atoms with van der Waals surface area (Å²) in [6, 6.07) is 9.10. The van der Waals surface area contributed by atoms with Crippen molar-refractivity contribution in [3.8, 4) is 6.07 Å². The highest BCUT2D eigenvalue weighted by Gasteiger charge is 2.11. The van der Waals surface area contributed by atoms with Gasteiger partial charge in [0.05, 0.1) is 0 Å². The van der Waals surface area contributed by atoms with Gasteiger partial charge >= 0.3 is 0 Å². The molecule has 0 bridgehead atoms. The lowest BCUT2D eigenvalue weighted by atomic mass is 10.0. The summed E-state index contributed by atoms with van der Waals surface area (Å²) in [6.07, 6.45) is 1.53. The lowest BCUT2D eigenvalue weighted by Gasteiger charge is -2.06. The van der Waals surface area contributed by atoms with Crippen LogP contribution in [0.15, 0.2) is 36.0 Å². The van der Waals surface area contributed by atoms with Crippen molar-refractivity contribution < 1.29 is 4.79 Å². The molecule has 0 aliphatic rings. The summed E-state index contributed by atoms with van der Waals surface area (Å²) in [5.74, 6) is -0.240. The first-order valence-electron chi connectivity index (χ1n) is 4.94. The molecule has 0 amide bonds. The van der Waals surface area contributed by atoms with Gasteiger partial charge in [0.15, 0.2) is 0 Å². The number of hydrogen-bond donors (Lipinski definition) is 0. The van der Waals surface area contributed by atoms with Crippen LogP contribution in [0.4, 0.5) is 0 Å². The summed E-state index contributed by atoms with van der Waals surface area (Å²) in [7, 11) is 3.56. The molecular weight excluding hydrogens is 200 g/mol. The van der Waals surface area contributed by atoms with Crippen LogP contribution in [0.25, 0.3) is 0 Å². The Morgan fingerprint density at radius 1 is 1.31 bits per heavy atom. The van der Waals surface area contributed by atoms with E-state index in [2.05, 4.69) is 0 Å². The van der Waals surface area contributed by atoms with Gasteiger partial charge in [0.1, 0.15) is 11.6 Å². The van der Waals surface area contributed by atoms with Crippen molar-refractivity contribution in [1.82, 2.24) is 4.90 Å². The van der Waals surface area contributed by atoms with E-state index in [4.69, 9.17) is 5.26 Å². The fraction of sp³-hybridized carbons (Fsp3) is 0.231. The topological polar surface area (TPSA) is 44.1 Å². The van der Waals surface area contributed by atoms with Gasteiger partial charge in [0, 0.05) is 25.9 Å². The molecule has 0 atom stereocenters. The maximum absolute atomic E-state index is 11.9. The lowest BCUT2D eigenvalue weighted by Crippen LogP contribution is -2.08. The lowest BCUT2D eigenvalue weighted by molar-refractivity contribution is 0.103. The minimum Gasteiger partial charge on any atom is -0.382 e. The fourth-order valence-corrected chi connectivity index (χ4v) is 1.26. The third kappa shape index (κ3) is 2.96. The Hall–Kier alpha value is -2.08. The average Bonchev–Trinajstić information content (AvgIpc) is 2.25. The first-order chi connectivity index (χ1) is 7.54. The Bertz CT molecular complexity index is 450. The maximum Gasteiger partial charge on any atom is 0.205 e. The molecular formula is C13H14N2O. The van der Waals surface area contributed by atoms with Crippen molar-refractivity contribution in [3.05, 3.63) is 47.2 Å². The molecule has 3 heteroatoms. The highest BCUT2D eigenvalue weighted by Crippen LogP contribution is 2.09. The fourth-order valence-electron chi connectivity index (χ4n) is 1.26. The molecule has 0 radical (unpaired) electrons. The minimum atomic E-state index is -0.240. The number of Topliss-reactive ketones (excluding diaryl/α,β-unsaturated/α-hetero) is 1. The van der Waals surface area contributed by atoms with Gasteiger partial charge in [-0.05, 0) is 6.92 Å².